The molecule has 1 heterocycles. The van der Waals surface area contributed by atoms with Crippen LogP contribution in [0.4, 0.5) is 0 Å². The third-order valence-electron chi connectivity index (χ3n) is 1.67. The van der Waals surface area contributed by atoms with Crippen molar-refractivity contribution in [2.45, 2.75) is 13.0 Å². The Morgan fingerprint density at radius 1 is 1.77 bits per heavy atom. The molecule has 1 rings (SSSR count). The van der Waals surface area contributed by atoms with E-state index < -0.39 is 0 Å². The van der Waals surface area contributed by atoms with E-state index in [1.165, 1.54) is 5.54 Å². The topological polar surface area (TPSA) is 25.2 Å². The summed E-state index contributed by atoms with van der Waals surface area (Å²) in [6.45, 7) is 2.55. The minimum atomic E-state index is 0.139. The highest BCUT2D eigenvalue weighted by Crippen LogP contribution is 2.13. The van der Waals surface area contributed by atoms with Gasteiger partial charge in [0, 0.05) is 17.1 Å². The summed E-state index contributed by atoms with van der Waals surface area (Å²) >= 11 is 11.1. The summed E-state index contributed by atoms with van der Waals surface area (Å²) in [5, 5.41) is 3.74. The molecule has 2 nitrogen and oxygen atoms in total. The number of hydrogen-bond donors (Lipinski definition) is 1. The number of halogens is 2. The molecule has 0 saturated heterocycles. The van der Waals surface area contributed by atoms with Crippen LogP contribution in [-0.4, -0.2) is 6.54 Å². The Morgan fingerprint density at radius 2 is 2.54 bits per heavy atom. The quantitative estimate of drug-likeness (QED) is 0.842. The Hall–Kier alpha value is -0.440. The summed E-state index contributed by atoms with van der Waals surface area (Å²) < 4.78 is 5.20. The van der Waals surface area contributed by atoms with Crippen LogP contribution in [0.1, 0.15) is 18.7 Å². The first-order chi connectivity index (χ1) is 6.24. The van der Waals surface area contributed by atoms with Gasteiger partial charge in [0.1, 0.15) is 5.76 Å². The maximum atomic E-state index is 5.71. The van der Waals surface area contributed by atoms with E-state index >= 15 is 0 Å². The van der Waals surface area contributed by atoms with E-state index in [1.54, 1.807) is 6.26 Å². The fraction of sp³-hybridized carbons (Fsp3) is 0.333. The van der Waals surface area contributed by atoms with Crippen LogP contribution < -0.4 is 5.32 Å². The molecule has 1 aromatic rings. The van der Waals surface area contributed by atoms with Gasteiger partial charge in [0.25, 0.3) is 0 Å². The van der Waals surface area contributed by atoms with Crippen molar-refractivity contribution < 1.29 is 4.42 Å². The molecule has 0 amide bonds. The molecule has 1 aromatic heterocycles. The fourth-order valence-electron chi connectivity index (χ4n) is 0.927. The van der Waals surface area contributed by atoms with E-state index in [9.17, 15) is 0 Å². The van der Waals surface area contributed by atoms with Crippen LogP contribution in [-0.2, 0) is 0 Å². The molecular weight excluding hydrogens is 209 g/mol. The summed E-state index contributed by atoms with van der Waals surface area (Å²) in [6, 6.07) is 3.91. The van der Waals surface area contributed by atoms with Crippen LogP contribution in [0.15, 0.2) is 33.4 Å². The maximum absolute atomic E-state index is 5.71. The molecule has 0 fully saturated rings. The normalized spacial score (nSPS) is 14.5. The second-order valence-electron chi connectivity index (χ2n) is 2.67. The Bertz CT molecular complexity index is 269. The van der Waals surface area contributed by atoms with Crippen LogP contribution >= 0.6 is 23.2 Å². The van der Waals surface area contributed by atoms with E-state index in [4.69, 9.17) is 27.6 Å². The molecule has 0 aromatic carbocycles. The third-order valence-corrected chi connectivity index (χ3v) is 2.28. The zero-order chi connectivity index (χ0) is 9.68. The molecular formula is C9H11Cl2NO. The van der Waals surface area contributed by atoms with Gasteiger partial charge in [0.15, 0.2) is 0 Å². The molecule has 0 bridgehead atoms. The molecule has 13 heavy (non-hydrogen) atoms. The minimum absolute atomic E-state index is 0.139. The SMILES string of the molecule is C[C@@H](NC/C(Cl)=C/Cl)c1ccco1. The lowest BCUT2D eigenvalue weighted by Gasteiger charge is -2.09. The average Bonchev–Trinajstić information content (AvgIpc) is 2.66. The average molecular weight is 220 g/mol. The van der Waals surface area contributed by atoms with Crippen LogP contribution in [0.25, 0.3) is 0 Å². The second kappa shape index (κ2) is 5.32. The van der Waals surface area contributed by atoms with Crippen molar-refractivity contribution in [1.29, 1.82) is 0 Å². The summed E-state index contributed by atoms with van der Waals surface area (Å²) in [7, 11) is 0. The Labute approximate surface area is 87.5 Å². The fourth-order valence-corrected chi connectivity index (χ4v) is 1.08. The summed E-state index contributed by atoms with van der Waals surface area (Å²) in [4.78, 5) is 0. The lowest BCUT2D eigenvalue weighted by molar-refractivity contribution is 0.441. The third kappa shape index (κ3) is 3.43. The molecule has 1 atom stereocenters. The van der Waals surface area contributed by atoms with Gasteiger partial charge in [-0.05, 0) is 19.1 Å². The van der Waals surface area contributed by atoms with Gasteiger partial charge in [-0.25, -0.2) is 0 Å². The summed E-state index contributed by atoms with van der Waals surface area (Å²) in [6.07, 6.45) is 1.65. The van der Waals surface area contributed by atoms with Crippen molar-refractivity contribution in [3.05, 3.63) is 34.7 Å². The first-order valence-corrected chi connectivity index (χ1v) is 4.77. The molecule has 4 heteroatoms. The first-order valence-electron chi connectivity index (χ1n) is 3.95. The second-order valence-corrected chi connectivity index (χ2v) is 3.38. The number of rotatable bonds is 4. The lowest BCUT2D eigenvalue weighted by Crippen LogP contribution is -2.19. The highest BCUT2D eigenvalue weighted by molar-refractivity contribution is 6.36. The zero-order valence-electron chi connectivity index (χ0n) is 7.26. The monoisotopic (exact) mass is 219 g/mol. The molecule has 0 aliphatic heterocycles. The van der Waals surface area contributed by atoms with E-state index in [0.717, 1.165) is 5.76 Å². The van der Waals surface area contributed by atoms with E-state index in [0.29, 0.717) is 11.6 Å². The zero-order valence-corrected chi connectivity index (χ0v) is 8.77. The summed E-state index contributed by atoms with van der Waals surface area (Å²) in [5.74, 6) is 0.888. The minimum Gasteiger partial charge on any atom is -0.468 e. The van der Waals surface area contributed by atoms with Crippen molar-refractivity contribution in [2.75, 3.05) is 6.54 Å². The van der Waals surface area contributed by atoms with E-state index in [1.807, 2.05) is 19.1 Å². The van der Waals surface area contributed by atoms with E-state index in [-0.39, 0.29) is 6.04 Å². The van der Waals surface area contributed by atoms with Crippen molar-refractivity contribution in [3.8, 4) is 0 Å². The predicted octanol–water partition coefficient (Wildman–Crippen LogP) is 3.25. The molecule has 0 aliphatic rings. The van der Waals surface area contributed by atoms with Gasteiger partial charge < -0.3 is 9.73 Å². The van der Waals surface area contributed by atoms with Crippen LogP contribution in [0.3, 0.4) is 0 Å². The standard InChI is InChI=1S/C9H11Cl2NO/c1-7(9-3-2-4-13-9)12-6-8(11)5-10/h2-5,7,12H,6H2,1H3/b8-5-/t7-/m1/s1. The molecule has 0 saturated carbocycles. The maximum Gasteiger partial charge on any atom is 0.120 e. The molecule has 1 N–H and O–H groups in total. The molecule has 0 aliphatic carbocycles. The van der Waals surface area contributed by atoms with Crippen molar-refractivity contribution >= 4 is 23.2 Å². The molecule has 72 valence electrons. The van der Waals surface area contributed by atoms with Gasteiger partial charge in [-0.15, -0.1) is 0 Å². The van der Waals surface area contributed by atoms with Gasteiger partial charge in [-0.3, -0.25) is 0 Å². The van der Waals surface area contributed by atoms with Crippen molar-refractivity contribution in [2.24, 2.45) is 0 Å². The van der Waals surface area contributed by atoms with Gasteiger partial charge >= 0.3 is 0 Å². The van der Waals surface area contributed by atoms with Gasteiger partial charge in [-0.2, -0.15) is 0 Å². The largest absolute Gasteiger partial charge is 0.468 e. The number of hydrogen-bond acceptors (Lipinski definition) is 2. The van der Waals surface area contributed by atoms with Gasteiger partial charge in [-0.1, -0.05) is 23.2 Å². The van der Waals surface area contributed by atoms with Crippen LogP contribution in [0, 0.1) is 0 Å². The predicted molar refractivity (Wildman–Crippen MR) is 54.9 cm³/mol. The Kier molecular flexibility index (Phi) is 4.36. The van der Waals surface area contributed by atoms with Gasteiger partial charge in [0.05, 0.1) is 12.3 Å². The first kappa shape index (κ1) is 10.6. The molecule has 0 radical (unpaired) electrons. The summed E-state index contributed by atoms with van der Waals surface area (Å²) in [5.41, 5.74) is 1.35. The Morgan fingerprint density at radius 3 is 3.08 bits per heavy atom. The number of nitrogens with one attached hydrogen (secondary N) is 1. The molecule has 0 unspecified atom stereocenters. The van der Waals surface area contributed by atoms with Gasteiger partial charge in [0.2, 0.25) is 0 Å². The lowest BCUT2D eigenvalue weighted by atomic mass is 10.2. The van der Waals surface area contributed by atoms with Crippen LogP contribution in [0.2, 0.25) is 0 Å². The molecule has 0 spiro atoms. The van der Waals surface area contributed by atoms with Crippen molar-refractivity contribution in [1.82, 2.24) is 5.32 Å². The number of furan rings is 1. The highest BCUT2D eigenvalue weighted by Gasteiger charge is 2.06. The van der Waals surface area contributed by atoms with Crippen LogP contribution in [0.5, 0.6) is 0 Å². The Balaban J connectivity index is 2.38. The van der Waals surface area contributed by atoms with Crippen molar-refractivity contribution in [3.63, 3.8) is 0 Å². The smallest absolute Gasteiger partial charge is 0.120 e. The highest BCUT2D eigenvalue weighted by atomic mass is 35.5. The van der Waals surface area contributed by atoms with E-state index in [2.05, 4.69) is 5.32 Å².